The minimum Gasteiger partial charge on any atom is -0.396 e. The minimum absolute atomic E-state index is 0.0429. The van der Waals surface area contributed by atoms with Gasteiger partial charge in [0.2, 0.25) is 10.0 Å². The number of rotatable bonds is 7. The number of sulfonamides is 1. The molecule has 0 spiro atoms. The summed E-state index contributed by atoms with van der Waals surface area (Å²) in [5, 5.41) is 15.2. The normalized spacial score (nSPS) is 13.5. The average Bonchev–Trinajstić information content (AvgIpc) is 3.07. The Morgan fingerprint density at radius 3 is 3.00 bits per heavy atom. The lowest BCUT2D eigenvalue weighted by Gasteiger charge is -2.10. The van der Waals surface area contributed by atoms with E-state index in [1.54, 1.807) is 18.5 Å². The largest absolute Gasteiger partial charge is 0.396 e. The Labute approximate surface area is 121 Å². The molecule has 0 aliphatic rings. The summed E-state index contributed by atoms with van der Waals surface area (Å²) < 4.78 is 28.4. The maximum absolute atomic E-state index is 12.2. The average molecular weight is 316 g/mol. The van der Waals surface area contributed by atoms with Gasteiger partial charge in [-0.05, 0) is 13.3 Å². The first kappa shape index (κ1) is 15.1. The van der Waals surface area contributed by atoms with Gasteiger partial charge in [-0.2, -0.15) is 5.10 Å². The molecule has 0 radical (unpaired) electrons. The second kappa shape index (κ2) is 6.44. The van der Waals surface area contributed by atoms with E-state index in [0.717, 1.165) is 0 Å². The molecule has 0 fully saturated rings. The number of nitrogens with one attached hydrogen (secondary N) is 1. The molecule has 9 heteroatoms. The molecular formula is C11H16N4O3S2. The smallest absolute Gasteiger partial charge is 0.244 e. The maximum Gasteiger partial charge on any atom is 0.244 e. The zero-order valence-electron chi connectivity index (χ0n) is 10.9. The van der Waals surface area contributed by atoms with Crippen LogP contribution in [-0.4, -0.2) is 34.9 Å². The van der Waals surface area contributed by atoms with Crippen molar-refractivity contribution in [3.8, 4) is 0 Å². The first-order valence-corrected chi connectivity index (χ1v) is 8.44. The molecule has 0 saturated carbocycles. The second-order valence-electron chi connectivity index (χ2n) is 4.23. The molecule has 2 heterocycles. The summed E-state index contributed by atoms with van der Waals surface area (Å²) in [5.41, 5.74) is 0. The lowest BCUT2D eigenvalue weighted by atomic mass is 10.4. The Hall–Kier alpha value is -1.29. The van der Waals surface area contributed by atoms with Crippen LogP contribution in [-0.2, 0) is 16.6 Å². The summed E-state index contributed by atoms with van der Waals surface area (Å²) >= 11 is 1.40. The van der Waals surface area contributed by atoms with Gasteiger partial charge in [-0.25, -0.2) is 18.1 Å². The molecule has 0 aliphatic heterocycles. The molecule has 20 heavy (non-hydrogen) atoms. The number of aromatic nitrogens is 3. The predicted molar refractivity (Wildman–Crippen MR) is 74.8 cm³/mol. The Kier molecular flexibility index (Phi) is 4.86. The fourth-order valence-electron chi connectivity index (χ4n) is 1.64. The van der Waals surface area contributed by atoms with Crippen molar-refractivity contribution in [2.45, 2.75) is 30.8 Å². The number of aryl methyl sites for hydroxylation is 1. The summed E-state index contributed by atoms with van der Waals surface area (Å²) in [6.07, 6.45) is 4.92. The van der Waals surface area contributed by atoms with Gasteiger partial charge >= 0.3 is 0 Å². The lowest BCUT2D eigenvalue weighted by molar-refractivity contribution is 0.277. The van der Waals surface area contributed by atoms with Crippen molar-refractivity contribution in [2.75, 3.05) is 6.61 Å². The highest BCUT2D eigenvalue weighted by Crippen LogP contribution is 2.18. The van der Waals surface area contributed by atoms with E-state index in [0.29, 0.717) is 18.0 Å². The quantitative estimate of drug-likeness (QED) is 0.786. The fraction of sp³-hybridized carbons (Fsp3) is 0.455. The fourth-order valence-corrected chi connectivity index (χ4v) is 3.52. The van der Waals surface area contributed by atoms with E-state index in [4.69, 9.17) is 5.11 Å². The van der Waals surface area contributed by atoms with Crippen LogP contribution in [0, 0.1) is 0 Å². The van der Waals surface area contributed by atoms with E-state index in [9.17, 15) is 8.42 Å². The highest BCUT2D eigenvalue weighted by atomic mass is 32.2. The highest BCUT2D eigenvalue weighted by molar-refractivity contribution is 7.89. The number of thiazole rings is 1. The summed E-state index contributed by atoms with van der Waals surface area (Å²) in [5.74, 6) is 0. The van der Waals surface area contributed by atoms with Gasteiger partial charge in [0.25, 0.3) is 0 Å². The van der Waals surface area contributed by atoms with Gasteiger partial charge in [0, 0.05) is 30.9 Å². The van der Waals surface area contributed by atoms with Crippen LogP contribution in [0.4, 0.5) is 0 Å². The molecule has 2 rings (SSSR count). The van der Waals surface area contributed by atoms with Crippen molar-refractivity contribution in [3.05, 3.63) is 29.0 Å². The molecule has 2 aromatic heterocycles. The number of hydrogen-bond acceptors (Lipinski definition) is 6. The highest BCUT2D eigenvalue weighted by Gasteiger charge is 2.21. The molecule has 7 nitrogen and oxygen atoms in total. The summed E-state index contributed by atoms with van der Waals surface area (Å²) in [4.78, 5) is 4.19. The number of aliphatic hydroxyl groups excluding tert-OH is 1. The molecular weight excluding hydrogens is 300 g/mol. The van der Waals surface area contributed by atoms with Gasteiger partial charge < -0.3 is 5.11 Å². The molecule has 2 N–H and O–H groups in total. The molecule has 0 aliphatic carbocycles. The summed E-state index contributed by atoms with van der Waals surface area (Å²) in [7, 11) is -3.62. The van der Waals surface area contributed by atoms with Crippen LogP contribution in [0.1, 0.15) is 24.4 Å². The first-order valence-electron chi connectivity index (χ1n) is 6.08. The Balaban J connectivity index is 2.08. The number of nitrogens with zero attached hydrogens (tertiary/aromatic N) is 3. The third-order valence-electron chi connectivity index (χ3n) is 2.62. The third-order valence-corrected chi connectivity index (χ3v) is 5.07. The van der Waals surface area contributed by atoms with Crippen LogP contribution in [0.3, 0.4) is 0 Å². The summed E-state index contributed by atoms with van der Waals surface area (Å²) in [6, 6.07) is -0.388. The van der Waals surface area contributed by atoms with Gasteiger partial charge in [-0.1, -0.05) is 0 Å². The molecule has 0 saturated heterocycles. The second-order valence-corrected chi connectivity index (χ2v) is 6.87. The van der Waals surface area contributed by atoms with E-state index in [1.807, 2.05) is 0 Å². The Bertz CT molecular complexity index is 636. The van der Waals surface area contributed by atoms with Crippen LogP contribution < -0.4 is 4.72 Å². The van der Waals surface area contributed by atoms with Crippen molar-refractivity contribution in [1.29, 1.82) is 0 Å². The Morgan fingerprint density at radius 1 is 1.55 bits per heavy atom. The van der Waals surface area contributed by atoms with Crippen molar-refractivity contribution in [1.82, 2.24) is 19.5 Å². The maximum atomic E-state index is 12.2. The molecule has 1 atom stereocenters. The van der Waals surface area contributed by atoms with E-state index in [2.05, 4.69) is 14.8 Å². The van der Waals surface area contributed by atoms with Gasteiger partial charge in [-0.3, -0.25) is 4.68 Å². The zero-order chi connectivity index (χ0) is 14.6. The SMILES string of the molecule is CC(NS(=O)(=O)c1cnn(CCCO)c1)c1nccs1. The van der Waals surface area contributed by atoms with E-state index >= 15 is 0 Å². The third kappa shape index (κ3) is 3.63. The standard InChI is InChI=1S/C11H16N4O3S2/c1-9(11-12-3-6-19-11)14-20(17,18)10-7-13-15(8-10)4-2-5-16/h3,6-9,14,16H,2,4-5H2,1H3. The molecule has 0 bridgehead atoms. The van der Waals surface area contributed by atoms with E-state index < -0.39 is 10.0 Å². The van der Waals surface area contributed by atoms with Crippen molar-refractivity contribution in [2.24, 2.45) is 0 Å². The van der Waals surface area contributed by atoms with Crippen LogP contribution in [0.15, 0.2) is 28.9 Å². The van der Waals surface area contributed by atoms with Gasteiger partial charge in [0.05, 0.1) is 12.2 Å². The molecule has 1 unspecified atom stereocenters. The van der Waals surface area contributed by atoms with Gasteiger partial charge in [0.1, 0.15) is 9.90 Å². The first-order chi connectivity index (χ1) is 9.53. The zero-order valence-corrected chi connectivity index (χ0v) is 12.6. The van der Waals surface area contributed by atoms with Crippen LogP contribution >= 0.6 is 11.3 Å². The van der Waals surface area contributed by atoms with Crippen LogP contribution in [0.5, 0.6) is 0 Å². The van der Waals surface area contributed by atoms with Gasteiger partial charge in [0.15, 0.2) is 0 Å². The topological polar surface area (TPSA) is 97.1 Å². The van der Waals surface area contributed by atoms with E-state index in [1.165, 1.54) is 28.4 Å². The monoisotopic (exact) mass is 316 g/mol. The lowest BCUT2D eigenvalue weighted by Crippen LogP contribution is -2.26. The minimum atomic E-state index is -3.62. The molecule has 110 valence electrons. The van der Waals surface area contributed by atoms with Crippen molar-refractivity contribution in [3.63, 3.8) is 0 Å². The predicted octanol–water partition coefficient (Wildman–Crippen LogP) is 0.761. The molecule has 0 aromatic carbocycles. The van der Waals surface area contributed by atoms with Crippen LogP contribution in [0.25, 0.3) is 0 Å². The number of hydrogen-bond donors (Lipinski definition) is 2. The van der Waals surface area contributed by atoms with Crippen molar-refractivity contribution < 1.29 is 13.5 Å². The van der Waals surface area contributed by atoms with Crippen LogP contribution in [0.2, 0.25) is 0 Å². The molecule has 0 amide bonds. The Morgan fingerprint density at radius 2 is 2.35 bits per heavy atom. The van der Waals surface area contributed by atoms with Gasteiger partial charge in [-0.15, -0.1) is 11.3 Å². The van der Waals surface area contributed by atoms with E-state index in [-0.39, 0.29) is 17.5 Å². The number of aliphatic hydroxyl groups is 1. The van der Waals surface area contributed by atoms with Crippen molar-refractivity contribution >= 4 is 21.4 Å². The summed E-state index contributed by atoms with van der Waals surface area (Å²) in [6.45, 7) is 2.27. The molecule has 2 aromatic rings.